The van der Waals surface area contributed by atoms with Crippen LogP contribution in [-0.2, 0) is 15.3 Å². The van der Waals surface area contributed by atoms with Crippen molar-refractivity contribution in [2.45, 2.75) is 49.3 Å². The summed E-state index contributed by atoms with van der Waals surface area (Å²) in [7, 11) is -1.38. The number of likely N-dealkylation sites (tertiary alicyclic amines) is 1. The van der Waals surface area contributed by atoms with Crippen molar-refractivity contribution < 1.29 is 13.2 Å². The van der Waals surface area contributed by atoms with Gasteiger partial charge >= 0.3 is 0 Å². The van der Waals surface area contributed by atoms with Crippen LogP contribution < -0.4 is 0 Å². The molecule has 1 saturated heterocycles. The lowest BCUT2D eigenvalue weighted by molar-refractivity contribution is 0.0780. The molecule has 0 aliphatic carbocycles. The number of carbonyl (C=O) groups excluding carboxylic acids is 1. The van der Waals surface area contributed by atoms with Gasteiger partial charge in [-0.1, -0.05) is 64.7 Å². The van der Waals surface area contributed by atoms with Crippen molar-refractivity contribution in [3.8, 4) is 0 Å². The van der Waals surface area contributed by atoms with Gasteiger partial charge in [0, 0.05) is 30.5 Å². The zero-order valence-corrected chi connectivity index (χ0v) is 25.6. The number of piperidine rings is 1. The van der Waals surface area contributed by atoms with Crippen LogP contribution in [0.15, 0.2) is 65.6 Å². The van der Waals surface area contributed by atoms with Gasteiger partial charge in [0.05, 0.1) is 20.7 Å². The molecule has 0 unspecified atom stereocenters. The van der Waals surface area contributed by atoms with Gasteiger partial charge in [-0.3, -0.25) is 4.79 Å². The minimum atomic E-state index is -3.23. The van der Waals surface area contributed by atoms with E-state index in [4.69, 9.17) is 23.2 Å². The summed E-state index contributed by atoms with van der Waals surface area (Å²) in [5, 5.41) is 1.02. The average Bonchev–Trinajstić information content (AvgIpc) is 3.14. The van der Waals surface area contributed by atoms with Crippen molar-refractivity contribution in [2.24, 2.45) is 0 Å². The van der Waals surface area contributed by atoms with Gasteiger partial charge in [0.2, 0.25) is 0 Å². The summed E-state index contributed by atoms with van der Waals surface area (Å²) in [5.74, 6) is 0.278. The van der Waals surface area contributed by atoms with Crippen LogP contribution in [0.4, 0.5) is 0 Å². The fraction of sp³-hybridized carbons (Fsp3) is 0.406. The predicted octanol–water partition coefficient (Wildman–Crippen LogP) is 6.68. The predicted molar refractivity (Wildman–Crippen MR) is 163 cm³/mol. The maximum absolute atomic E-state index is 13.4. The molecule has 212 valence electrons. The summed E-state index contributed by atoms with van der Waals surface area (Å²) in [5.41, 5.74) is 4.60. The molecule has 1 fully saturated rings. The molecule has 3 aromatic rings. The molecule has 0 saturated carbocycles. The van der Waals surface area contributed by atoms with Gasteiger partial charge in [0.25, 0.3) is 5.91 Å². The number of hydrogen-bond donors (Lipinski definition) is 0. The maximum Gasteiger partial charge on any atom is 0.253 e. The Morgan fingerprint density at radius 3 is 2.33 bits per heavy atom. The molecule has 1 atom stereocenters. The second kappa shape index (κ2) is 11.5. The van der Waals surface area contributed by atoms with E-state index in [1.165, 1.54) is 0 Å². The zero-order chi connectivity index (χ0) is 28.7. The fourth-order valence-electron chi connectivity index (χ4n) is 6.51. The Morgan fingerprint density at radius 1 is 0.975 bits per heavy atom. The lowest BCUT2D eigenvalue weighted by atomic mass is 9.74. The molecule has 2 heterocycles. The van der Waals surface area contributed by atoms with Gasteiger partial charge in [0.1, 0.15) is 0 Å². The van der Waals surface area contributed by atoms with E-state index in [2.05, 4.69) is 11.0 Å². The molecular weight excluding hydrogens is 563 g/mol. The number of hydrogen-bond acceptors (Lipinski definition) is 4. The molecule has 40 heavy (non-hydrogen) atoms. The van der Waals surface area contributed by atoms with Crippen molar-refractivity contribution >= 4 is 38.9 Å². The molecule has 0 bridgehead atoms. The van der Waals surface area contributed by atoms with Crippen LogP contribution >= 0.6 is 23.2 Å². The number of likely N-dealkylation sites (N-methyl/N-ethyl adjacent to an activating group) is 1. The van der Waals surface area contributed by atoms with E-state index in [9.17, 15) is 13.2 Å². The number of rotatable bonds is 7. The van der Waals surface area contributed by atoms with Crippen LogP contribution in [0, 0.1) is 13.8 Å². The number of fused-ring (bicyclic) bond motifs is 2. The fourth-order valence-corrected chi connectivity index (χ4v) is 9.05. The first-order valence-electron chi connectivity index (χ1n) is 13.8. The van der Waals surface area contributed by atoms with Crippen LogP contribution in [0.25, 0.3) is 0 Å². The first kappa shape index (κ1) is 29.1. The van der Waals surface area contributed by atoms with E-state index >= 15 is 0 Å². The number of halogens is 2. The van der Waals surface area contributed by atoms with Crippen molar-refractivity contribution in [1.82, 2.24) is 9.80 Å². The summed E-state index contributed by atoms with van der Waals surface area (Å²) in [4.78, 5) is 18.1. The third kappa shape index (κ3) is 5.96. The Labute approximate surface area is 248 Å². The molecular formula is C32H36Cl2N2O3S. The van der Waals surface area contributed by atoms with E-state index in [0.717, 1.165) is 61.2 Å². The Kier molecular flexibility index (Phi) is 8.36. The van der Waals surface area contributed by atoms with Crippen LogP contribution in [-0.4, -0.2) is 63.1 Å². The number of sulfone groups is 1. The van der Waals surface area contributed by atoms with Gasteiger partial charge in [-0.15, -0.1) is 0 Å². The molecule has 5 nitrogen and oxygen atoms in total. The van der Waals surface area contributed by atoms with Crippen molar-refractivity contribution in [2.75, 3.05) is 39.0 Å². The van der Waals surface area contributed by atoms with Gasteiger partial charge in [-0.25, -0.2) is 8.42 Å². The van der Waals surface area contributed by atoms with Crippen LogP contribution in [0.3, 0.4) is 0 Å². The summed E-state index contributed by atoms with van der Waals surface area (Å²) >= 11 is 12.6. The molecule has 5 rings (SSSR count). The number of carbonyl (C=O) groups is 1. The topological polar surface area (TPSA) is 57.7 Å². The first-order valence-corrected chi connectivity index (χ1v) is 16.2. The lowest BCUT2D eigenvalue weighted by Crippen LogP contribution is -2.44. The normalized spacial score (nSPS) is 18.4. The molecule has 0 aromatic heterocycles. The monoisotopic (exact) mass is 598 g/mol. The van der Waals surface area contributed by atoms with Crippen molar-refractivity contribution in [3.05, 3.63) is 98.5 Å². The third-order valence-electron chi connectivity index (χ3n) is 8.59. The second-order valence-corrected chi connectivity index (χ2v) is 14.4. The first-order chi connectivity index (χ1) is 19.0. The highest BCUT2D eigenvalue weighted by molar-refractivity contribution is 7.91. The standard InChI is InChI=1S/C32H36Cl2N2O3S/c1-22-16-23(2)18-26(17-22)31(37)35(3)20-25(24-8-9-28(33)29(34)19-24)10-13-36-14-11-32(12-15-36)21-40(38,39)30-7-5-4-6-27(30)32/h4-9,16-19,25H,10-15,20-21H2,1-3H3/t25-/m1/s1. The van der Waals surface area contributed by atoms with E-state index < -0.39 is 9.84 Å². The smallest absolute Gasteiger partial charge is 0.253 e. The SMILES string of the molecule is Cc1cc(C)cc(C(=O)N(C)C[C@@H](CCN2CCC3(CC2)CS(=O)(=O)c2ccccc23)c2ccc(Cl)c(Cl)c2)c1. The van der Waals surface area contributed by atoms with Crippen molar-refractivity contribution in [3.63, 3.8) is 0 Å². The van der Waals surface area contributed by atoms with E-state index in [1.807, 2.05) is 69.4 Å². The van der Waals surface area contributed by atoms with Crippen LogP contribution in [0.2, 0.25) is 10.0 Å². The Morgan fingerprint density at radius 2 is 1.65 bits per heavy atom. The molecule has 2 aliphatic rings. The molecule has 8 heteroatoms. The number of nitrogens with zero attached hydrogens (tertiary/aromatic N) is 2. The molecule has 3 aromatic carbocycles. The van der Waals surface area contributed by atoms with E-state index in [0.29, 0.717) is 27.0 Å². The minimum Gasteiger partial charge on any atom is -0.341 e. The van der Waals surface area contributed by atoms with E-state index in [1.54, 1.807) is 11.0 Å². The summed E-state index contributed by atoms with van der Waals surface area (Å²) in [6, 6.07) is 19.2. The van der Waals surface area contributed by atoms with Gasteiger partial charge in [-0.05, 0) is 94.2 Å². The van der Waals surface area contributed by atoms with Crippen LogP contribution in [0.5, 0.6) is 0 Å². The van der Waals surface area contributed by atoms with Gasteiger partial charge in [-0.2, -0.15) is 0 Å². The molecule has 2 aliphatic heterocycles. The highest BCUT2D eigenvalue weighted by Crippen LogP contribution is 2.46. The highest BCUT2D eigenvalue weighted by atomic mass is 35.5. The lowest BCUT2D eigenvalue weighted by Gasteiger charge is -2.40. The summed E-state index contributed by atoms with van der Waals surface area (Å²) < 4.78 is 25.7. The Balaban J connectivity index is 1.29. The quantitative estimate of drug-likeness (QED) is 0.304. The van der Waals surface area contributed by atoms with Gasteiger partial charge < -0.3 is 9.80 Å². The van der Waals surface area contributed by atoms with Gasteiger partial charge in [0.15, 0.2) is 9.84 Å². The molecule has 0 N–H and O–H groups in total. The number of benzene rings is 3. The Bertz CT molecular complexity index is 1510. The third-order valence-corrected chi connectivity index (χ3v) is 11.3. The summed E-state index contributed by atoms with van der Waals surface area (Å²) in [6.07, 6.45) is 2.49. The number of amides is 1. The molecule has 0 radical (unpaired) electrons. The van der Waals surface area contributed by atoms with Crippen LogP contribution in [0.1, 0.15) is 57.8 Å². The van der Waals surface area contributed by atoms with E-state index in [-0.39, 0.29) is 23.0 Å². The summed E-state index contributed by atoms with van der Waals surface area (Å²) in [6.45, 7) is 7.09. The number of aryl methyl sites for hydroxylation is 2. The second-order valence-electron chi connectivity index (χ2n) is 11.6. The Hall–Kier alpha value is -2.38. The molecule has 1 spiro atoms. The zero-order valence-electron chi connectivity index (χ0n) is 23.3. The maximum atomic E-state index is 13.4. The average molecular weight is 600 g/mol. The highest BCUT2D eigenvalue weighted by Gasteiger charge is 2.48. The largest absolute Gasteiger partial charge is 0.341 e. The minimum absolute atomic E-state index is 0.00196. The van der Waals surface area contributed by atoms with Crippen molar-refractivity contribution in [1.29, 1.82) is 0 Å². The molecule has 1 amide bonds.